The third-order valence-corrected chi connectivity index (χ3v) is 8.94. The van der Waals surface area contributed by atoms with Gasteiger partial charge in [0.15, 0.2) is 5.82 Å². The molecular weight excluding hydrogens is 486 g/mol. The largest absolute Gasteiger partial charge is 0.321 e. The minimum atomic E-state index is -0.306. The van der Waals surface area contributed by atoms with Crippen LogP contribution in [0.1, 0.15) is 66.2 Å². The number of piperazine rings is 1. The normalized spacial score (nSPS) is 18.5. The smallest absolute Gasteiger partial charge is 0.253 e. The molecule has 8 nitrogen and oxygen atoms in total. The third-order valence-electron chi connectivity index (χ3n) is 8.94. The van der Waals surface area contributed by atoms with E-state index < -0.39 is 0 Å². The maximum Gasteiger partial charge on any atom is 0.253 e. The van der Waals surface area contributed by atoms with Crippen molar-refractivity contribution in [3.05, 3.63) is 87.0 Å². The quantitative estimate of drug-likeness (QED) is 0.385. The summed E-state index contributed by atoms with van der Waals surface area (Å²) in [6, 6.07) is 17.1. The number of pyridine rings is 1. The van der Waals surface area contributed by atoms with E-state index in [1.165, 1.54) is 43.2 Å². The molecule has 8 heteroatoms. The Labute approximate surface area is 230 Å². The van der Waals surface area contributed by atoms with Gasteiger partial charge in [-0.15, -0.1) is 5.10 Å². The van der Waals surface area contributed by atoms with Crippen LogP contribution in [0.3, 0.4) is 0 Å². The van der Waals surface area contributed by atoms with Crippen LogP contribution < -0.4 is 5.56 Å². The van der Waals surface area contributed by atoms with Crippen LogP contribution in [0.5, 0.6) is 0 Å². The van der Waals surface area contributed by atoms with E-state index in [-0.39, 0.29) is 11.6 Å². The summed E-state index contributed by atoms with van der Waals surface area (Å²) in [5.41, 5.74) is 5.09. The lowest BCUT2D eigenvalue weighted by Crippen LogP contribution is -2.52. The van der Waals surface area contributed by atoms with Gasteiger partial charge >= 0.3 is 0 Å². The average Bonchev–Trinajstić information content (AvgIpc) is 3.44. The van der Waals surface area contributed by atoms with Gasteiger partial charge in [0.1, 0.15) is 6.04 Å². The molecule has 1 saturated carbocycles. The van der Waals surface area contributed by atoms with Crippen LogP contribution in [0.2, 0.25) is 0 Å². The van der Waals surface area contributed by atoms with Crippen molar-refractivity contribution in [1.29, 1.82) is 0 Å². The molecule has 4 aromatic rings. The summed E-state index contributed by atoms with van der Waals surface area (Å²) in [5.74, 6) is 0.741. The number of aryl methyl sites for hydroxylation is 4. The number of tetrazole rings is 1. The van der Waals surface area contributed by atoms with E-state index in [2.05, 4.69) is 86.6 Å². The van der Waals surface area contributed by atoms with Crippen molar-refractivity contribution in [2.75, 3.05) is 26.2 Å². The first kappa shape index (κ1) is 25.9. The molecule has 1 aliphatic carbocycles. The second-order valence-electron chi connectivity index (χ2n) is 11.3. The van der Waals surface area contributed by atoms with Gasteiger partial charge in [-0.1, -0.05) is 61.7 Å². The van der Waals surface area contributed by atoms with E-state index in [0.717, 1.165) is 54.9 Å². The molecule has 1 N–H and O–H groups in total. The molecule has 204 valence electrons. The van der Waals surface area contributed by atoms with Gasteiger partial charge in [0.2, 0.25) is 0 Å². The van der Waals surface area contributed by atoms with Crippen LogP contribution in [0.25, 0.3) is 10.9 Å². The van der Waals surface area contributed by atoms with E-state index in [4.69, 9.17) is 0 Å². The number of aromatic nitrogens is 5. The molecule has 2 fully saturated rings. The number of H-pyrrole nitrogens is 1. The molecule has 2 aliphatic rings. The molecule has 1 aliphatic heterocycles. The summed E-state index contributed by atoms with van der Waals surface area (Å²) in [6.07, 6.45) is 7.50. The van der Waals surface area contributed by atoms with Crippen molar-refractivity contribution >= 4 is 10.9 Å². The number of fused-ring (bicyclic) bond motifs is 1. The zero-order valence-corrected chi connectivity index (χ0v) is 23.1. The second kappa shape index (κ2) is 11.4. The first-order valence-electron chi connectivity index (χ1n) is 14.5. The minimum Gasteiger partial charge on any atom is -0.321 e. The van der Waals surface area contributed by atoms with Gasteiger partial charge in [0.05, 0.1) is 5.52 Å². The molecule has 1 atom stereocenters. The predicted octanol–water partition coefficient (Wildman–Crippen LogP) is 4.41. The van der Waals surface area contributed by atoms with Gasteiger partial charge in [-0.25, -0.2) is 4.68 Å². The van der Waals surface area contributed by atoms with Gasteiger partial charge in [0.25, 0.3) is 5.56 Å². The van der Waals surface area contributed by atoms with Crippen LogP contribution in [-0.4, -0.2) is 67.2 Å². The van der Waals surface area contributed by atoms with Gasteiger partial charge in [-0.05, 0) is 71.7 Å². The molecule has 39 heavy (non-hydrogen) atoms. The fourth-order valence-electron chi connectivity index (χ4n) is 6.50. The predicted molar refractivity (Wildman–Crippen MR) is 154 cm³/mol. The molecule has 3 heterocycles. The van der Waals surface area contributed by atoms with Crippen LogP contribution in [-0.2, 0) is 13.0 Å². The molecule has 2 aromatic carbocycles. The van der Waals surface area contributed by atoms with Gasteiger partial charge in [-0.3, -0.25) is 14.6 Å². The second-order valence-corrected chi connectivity index (χ2v) is 11.3. The highest BCUT2D eigenvalue weighted by atomic mass is 16.1. The SMILES string of the molecule is Cc1ccc2cc([C@@H](c3nnnn3CCc3ccccc3)N3CCN(C4CCCCC4)CC3)c(=O)[nH]c2c1C. The summed E-state index contributed by atoms with van der Waals surface area (Å²) in [4.78, 5) is 22.0. The summed E-state index contributed by atoms with van der Waals surface area (Å²) >= 11 is 0. The summed E-state index contributed by atoms with van der Waals surface area (Å²) in [6.45, 7) is 8.60. The number of nitrogens with one attached hydrogen (secondary N) is 1. The lowest BCUT2D eigenvalue weighted by Gasteiger charge is -2.43. The van der Waals surface area contributed by atoms with Crippen molar-refractivity contribution in [1.82, 2.24) is 35.0 Å². The Balaban J connectivity index is 1.34. The van der Waals surface area contributed by atoms with Crippen molar-refractivity contribution in [2.45, 2.75) is 71.0 Å². The first-order valence-corrected chi connectivity index (χ1v) is 14.5. The van der Waals surface area contributed by atoms with Gasteiger partial charge in [-0.2, -0.15) is 0 Å². The molecule has 0 amide bonds. The van der Waals surface area contributed by atoms with E-state index in [9.17, 15) is 4.79 Å². The van der Waals surface area contributed by atoms with Crippen molar-refractivity contribution in [3.8, 4) is 0 Å². The number of hydrogen-bond acceptors (Lipinski definition) is 6. The fraction of sp³-hybridized carbons (Fsp3) is 0.484. The van der Waals surface area contributed by atoms with Crippen molar-refractivity contribution < 1.29 is 0 Å². The standard InChI is InChI=1S/C31H39N7O/c1-22-13-14-25-21-27(31(39)32-28(25)23(22)2)29(37-19-17-36(18-20-37)26-11-7-4-8-12-26)30-33-34-35-38(30)16-15-24-9-5-3-6-10-24/h3,5-6,9-10,13-14,21,26,29H,4,7-8,11-12,15-20H2,1-2H3,(H,32,39)/t29-/m0/s1. The Hall–Kier alpha value is -3.36. The van der Waals surface area contributed by atoms with Crippen molar-refractivity contribution in [3.63, 3.8) is 0 Å². The zero-order chi connectivity index (χ0) is 26.8. The third kappa shape index (κ3) is 5.40. The Morgan fingerprint density at radius 3 is 2.51 bits per heavy atom. The van der Waals surface area contributed by atoms with Gasteiger partial charge in [0, 0.05) is 44.3 Å². The maximum atomic E-state index is 13.7. The average molecular weight is 526 g/mol. The highest BCUT2D eigenvalue weighted by Crippen LogP contribution is 2.30. The lowest BCUT2D eigenvalue weighted by molar-refractivity contribution is 0.0617. The van der Waals surface area contributed by atoms with E-state index >= 15 is 0 Å². The van der Waals surface area contributed by atoms with Crippen LogP contribution in [0.15, 0.2) is 53.3 Å². The fourth-order valence-corrected chi connectivity index (χ4v) is 6.50. The first-order chi connectivity index (χ1) is 19.1. The molecule has 0 radical (unpaired) electrons. The Morgan fingerprint density at radius 1 is 0.974 bits per heavy atom. The lowest BCUT2D eigenvalue weighted by atomic mass is 9.93. The number of benzene rings is 2. The molecular formula is C31H39N7O. The molecule has 2 aromatic heterocycles. The van der Waals surface area contributed by atoms with Crippen molar-refractivity contribution in [2.24, 2.45) is 0 Å². The minimum absolute atomic E-state index is 0.0616. The molecule has 1 saturated heterocycles. The van der Waals surface area contributed by atoms with Crippen LogP contribution in [0.4, 0.5) is 0 Å². The van der Waals surface area contributed by atoms with Crippen LogP contribution >= 0.6 is 0 Å². The Morgan fingerprint density at radius 2 is 1.74 bits per heavy atom. The summed E-state index contributed by atoms with van der Waals surface area (Å²) in [7, 11) is 0. The summed E-state index contributed by atoms with van der Waals surface area (Å²) < 4.78 is 1.90. The zero-order valence-electron chi connectivity index (χ0n) is 23.1. The highest BCUT2D eigenvalue weighted by Gasteiger charge is 2.34. The Bertz CT molecular complexity index is 1460. The molecule has 0 unspecified atom stereocenters. The maximum absolute atomic E-state index is 13.7. The Kier molecular flexibility index (Phi) is 7.57. The number of nitrogens with zero attached hydrogens (tertiary/aromatic N) is 6. The van der Waals surface area contributed by atoms with E-state index in [1.807, 2.05) is 10.7 Å². The van der Waals surface area contributed by atoms with Crippen LogP contribution in [0, 0.1) is 13.8 Å². The monoisotopic (exact) mass is 525 g/mol. The molecule has 0 spiro atoms. The number of rotatable bonds is 7. The molecule has 0 bridgehead atoms. The van der Waals surface area contributed by atoms with E-state index in [0.29, 0.717) is 18.2 Å². The molecule has 6 rings (SSSR count). The van der Waals surface area contributed by atoms with E-state index in [1.54, 1.807) is 0 Å². The van der Waals surface area contributed by atoms with Gasteiger partial charge < -0.3 is 4.98 Å². The topological polar surface area (TPSA) is 82.9 Å². The number of hydrogen-bond donors (Lipinski definition) is 1. The summed E-state index contributed by atoms with van der Waals surface area (Å²) in [5, 5.41) is 14.1. The number of aromatic amines is 1. The highest BCUT2D eigenvalue weighted by molar-refractivity contribution is 5.83.